The van der Waals surface area contributed by atoms with E-state index in [0.29, 0.717) is 41.4 Å². The van der Waals surface area contributed by atoms with Crippen LogP contribution >= 0.6 is 0 Å². The highest BCUT2D eigenvalue weighted by molar-refractivity contribution is 5.98. The van der Waals surface area contributed by atoms with Crippen LogP contribution in [-0.2, 0) is 11.3 Å². The second kappa shape index (κ2) is 9.30. The summed E-state index contributed by atoms with van der Waals surface area (Å²) in [4.78, 5) is 20.5. The van der Waals surface area contributed by atoms with Gasteiger partial charge in [0, 0.05) is 12.1 Å². The fourth-order valence-electron chi connectivity index (χ4n) is 3.25. The number of ether oxygens (including phenoxy) is 1. The van der Waals surface area contributed by atoms with E-state index in [9.17, 15) is 4.79 Å². The molecule has 0 aliphatic carbocycles. The third kappa shape index (κ3) is 4.44. The average Bonchev–Trinajstić information content (AvgIpc) is 3.19. The Morgan fingerprint density at radius 2 is 1.88 bits per heavy atom. The Kier molecular flexibility index (Phi) is 6.12. The second-order valence-electron chi connectivity index (χ2n) is 7.28. The summed E-state index contributed by atoms with van der Waals surface area (Å²) >= 11 is 0. The molecule has 2 aromatic heterocycles. The Bertz CT molecular complexity index is 1230. The van der Waals surface area contributed by atoms with E-state index in [2.05, 4.69) is 21.9 Å². The lowest BCUT2D eigenvalue weighted by Crippen LogP contribution is -2.31. The average molecular weight is 428 g/mol. The molecule has 0 aliphatic heterocycles. The van der Waals surface area contributed by atoms with Gasteiger partial charge in [-0.25, -0.2) is 14.6 Å². The van der Waals surface area contributed by atoms with Crippen LogP contribution in [0, 0.1) is 5.92 Å². The topological polar surface area (TPSA) is 108 Å². The van der Waals surface area contributed by atoms with Crippen LogP contribution in [0.5, 0.6) is 11.5 Å². The maximum absolute atomic E-state index is 12.0. The molecule has 0 saturated carbocycles. The fourth-order valence-corrected chi connectivity index (χ4v) is 3.25. The monoisotopic (exact) mass is 428 g/mol. The third-order valence-corrected chi connectivity index (χ3v) is 5.06. The number of benzene rings is 2. The molecule has 4 rings (SSSR count). The number of nitrogens with zero attached hydrogens (tertiary/aromatic N) is 4. The lowest BCUT2D eigenvalue weighted by Gasteiger charge is -2.08. The Morgan fingerprint density at radius 3 is 2.59 bits per heavy atom. The van der Waals surface area contributed by atoms with E-state index >= 15 is 0 Å². The van der Waals surface area contributed by atoms with Gasteiger partial charge in [-0.3, -0.25) is 4.79 Å². The largest absolute Gasteiger partial charge is 0.457 e. The molecule has 32 heavy (non-hydrogen) atoms. The van der Waals surface area contributed by atoms with Gasteiger partial charge in [0.25, 0.3) is 0 Å². The number of para-hydroxylation sites is 1. The van der Waals surface area contributed by atoms with E-state index in [1.54, 1.807) is 17.7 Å². The molecule has 0 spiro atoms. The molecule has 2 heterocycles. The van der Waals surface area contributed by atoms with E-state index in [1.165, 1.54) is 6.33 Å². The molecule has 1 amide bonds. The van der Waals surface area contributed by atoms with Gasteiger partial charge in [-0.15, -0.1) is 6.58 Å². The molecule has 8 heteroatoms. The van der Waals surface area contributed by atoms with E-state index in [-0.39, 0.29) is 11.8 Å². The van der Waals surface area contributed by atoms with Crippen LogP contribution in [0.15, 0.2) is 73.6 Å². The molecule has 4 aromatic rings. The number of nitrogens with two attached hydrogens (primary N) is 1. The number of carbonyl (C=O) groups excluding carboxylic acids is 1. The molecule has 0 fully saturated rings. The van der Waals surface area contributed by atoms with Crippen molar-refractivity contribution in [2.24, 2.45) is 5.92 Å². The Balaban J connectivity index is 1.58. The van der Waals surface area contributed by atoms with Crippen molar-refractivity contribution in [1.29, 1.82) is 0 Å². The molecule has 0 aliphatic rings. The number of anilines is 1. The van der Waals surface area contributed by atoms with E-state index < -0.39 is 0 Å². The van der Waals surface area contributed by atoms with Gasteiger partial charge in [-0.05, 0) is 36.4 Å². The number of amides is 1. The summed E-state index contributed by atoms with van der Waals surface area (Å²) < 4.78 is 7.60. The first-order chi connectivity index (χ1) is 15.6. The summed E-state index contributed by atoms with van der Waals surface area (Å²) in [6.45, 7) is 6.29. The quantitative estimate of drug-likeness (QED) is 0.413. The molecule has 1 atom stereocenters. The van der Waals surface area contributed by atoms with Crippen LogP contribution in [0.25, 0.3) is 22.3 Å². The van der Waals surface area contributed by atoms with Crippen LogP contribution in [0.1, 0.15) is 6.92 Å². The SMILES string of the molecule is C=CC(C)C(=O)NCCn1nc(-c2ccc(Oc3ccccc3)cc2)c2c(N)ncnc21. The zero-order valence-corrected chi connectivity index (χ0v) is 17.7. The van der Waals surface area contributed by atoms with Crippen molar-refractivity contribution in [1.82, 2.24) is 25.1 Å². The third-order valence-electron chi connectivity index (χ3n) is 5.06. The molecule has 3 N–H and O–H groups in total. The maximum atomic E-state index is 12.0. The van der Waals surface area contributed by atoms with Crippen molar-refractivity contribution < 1.29 is 9.53 Å². The number of nitrogens with one attached hydrogen (secondary N) is 1. The molecule has 0 saturated heterocycles. The van der Waals surface area contributed by atoms with Crippen LogP contribution in [-0.4, -0.2) is 32.2 Å². The maximum Gasteiger partial charge on any atom is 0.226 e. The molecular weight excluding hydrogens is 404 g/mol. The van der Waals surface area contributed by atoms with Gasteiger partial charge in [-0.1, -0.05) is 31.2 Å². The van der Waals surface area contributed by atoms with Crippen molar-refractivity contribution in [3.8, 4) is 22.8 Å². The molecule has 2 aromatic carbocycles. The zero-order valence-electron chi connectivity index (χ0n) is 17.7. The van der Waals surface area contributed by atoms with Crippen LogP contribution in [0.3, 0.4) is 0 Å². The summed E-state index contributed by atoms with van der Waals surface area (Å²) in [7, 11) is 0. The van der Waals surface area contributed by atoms with Crippen molar-refractivity contribution in [3.05, 3.63) is 73.6 Å². The first-order valence-electron chi connectivity index (χ1n) is 10.3. The van der Waals surface area contributed by atoms with Crippen LogP contribution in [0.4, 0.5) is 5.82 Å². The summed E-state index contributed by atoms with van der Waals surface area (Å²) in [6, 6.07) is 17.2. The van der Waals surface area contributed by atoms with Crippen molar-refractivity contribution in [2.45, 2.75) is 13.5 Å². The number of carbonyl (C=O) groups is 1. The van der Waals surface area contributed by atoms with Gasteiger partial charge >= 0.3 is 0 Å². The summed E-state index contributed by atoms with van der Waals surface area (Å²) in [5.74, 6) is 1.49. The zero-order chi connectivity index (χ0) is 22.5. The minimum Gasteiger partial charge on any atom is -0.457 e. The molecule has 0 radical (unpaired) electrons. The predicted molar refractivity (Wildman–Crippen MR) is 124 cm³/mol. The first kappa shape index (κ1) is 21.0. The lowest BCUT2D eigenvalue weighted by atomic mass is 10.1. The highest BCUT2D eigenvalue weighted by Crippen LogP contribution is 2.31. The predicted octanol–water partition coefficient (Wildman–Crippen LogP) is 3.81. The number of fused-ring (bicyclic) bond motifs is 1. The molecule has 162 valence electrons. The normalized spacial score (nSPS) is 11.8. The highest BCUT2D eigenvalue weighted by atomic mass is 16.5. The highest BCUT2D eigenvalue weighted by Gasteiger charge is 2.17. The van der Waals surface area contributed by atoms with Gasteiger partial charge in [-0.2, -0.15) is 5.10 Å². The first-order valence-corrected chi connectivity index (χ1v) is 10.3. The van der Waals surface area contributed by atoms with Gasteiger partial charge in [0.15, 0.2) is 5.65 Å². The minimum absolute atomic E-state index is 0.0835. The summed E-state index contributed by atoms with van der Waals surface area (Å²) in [6.07, 6.45) is 3.02. The van der Waals surface area contributed by atoms with Gasteiger partial charge in [0.2, 0.25) is 5.91 Å². The molecule has 8 nitrogen and oxygen atoms in total. The minimum atomic E-state index is -0.255. The number of nitrogen functional groups attached to an aromatic ring is 1. The smallest absolute Gasteiger partial charge is 0.226 e. The second-order valence-corrected chi connectivity index (χ2v) is 7.28. The van der Waals surface area contributed by atoms with Gasteiger partial charge in [0.1, 0.15) is 29.3 Å². The Labute approximate surface area is 185 Å². The number of hydrogen-bond donors (Lipinski definition) is 2. The fraction of sp³-hybridized carbons (Fsp3) is 0.167. The van der Waals surface area contributed by atoms with Gasteiger partial charge in [0.05, 0.1) is 17.8 Å². The number of rotatable bonds is 8. The summed E-state index contributed by atoms with van der Waals surface area (Å²) in [5, 5.41) is 8.27. The molecule has 0 bridgehead atoms. The van der Waals surface area contributed by atoms with E-state index in [4.69, 9.17) is 15.6 Å². The van der Waals surface area contributed by atoms with Crippen molar-refractivity contribution in [2.75, 3.05) is 12.3 Å². The van der Waals surface area contributed by atoms with Gasteiger partial charge < -0.3 is 15.8 Å². The molecular formula is C24H24N6O2. The van der Waals surface area contributed by atoms with Crippen molar-refractivity contribution in [3.63, 3.8) is 0 Å². The number of aromatic nitrogens is 4. The Hall–Kier alpha value is -4.20. The van der Waals surface area contributed by atoms with E-state index in [1.807, 2.05) is 54.6 Å². The lowest BCUT2D eigenvalue weighted by molar-refractivity contribution is -0.123. The summed E-state index contributed by atoms with van der Waals surface area (Å²) in [5.41, 5.74) is 8.32. The van der Waals surface area contributed by atoms with Crippen molar-refractivity contribution >= 4 is 22.8 Å². The van der Waals surface area contributed by atoms with Crippen LogP contribution < -0.4 is 15.8 Å². The van der Waals surface area contributed by atoms with Crippen LogP contribution in [0.2, 0.25) is 0 Å². The van der Waals surface area contributed by atoms with E-state index in [0.717, 1.165) is 11.3 Å². The Morgan fingerprint density at radius 1 is 1.16 bits per heavy atom. The number of hydrogen-bond acceptors (Lipinski definition) is 6. The standard InChI is InChI=1S/C24H24N6O2/c1-3-16(2)24(31)26-13-14-30-23-20(22(25)27-15-28-23)21(29-30)17-9-11-19(12-10-17)32-18-7-5-4-6-8-18/h3-12,15-16H,1,13-14H2,2H3,(H,26,31)(H2,25,27,28). The molecule has 1 unspecified atom stereocenters.